The Bertz CT molecular complexity index is 497. The summed E-state index contributed by atoms with van der Waals surface area (Å²) in [6.07, 6.45) is 1.45. The van der Waals surface area contributed by atoms with E-state index in [1.165, 1.54) is 18.3 Å². The SMILES string of the molecule is CC.O=C1CC(c2ccc(F)cc2)C(C(=O)Cl)=CN1. The number of carbonyl (C=O) groups is 2. The molecule has 1 atom stereocenters. The highest BCUT2D eigenvalue weighted by atomic mass is 35.5. The Morgan fingerprint density at radius 2 is 1.89 bits per heavy atom. The number of benzene rings is 1. The minimum Gasteiger partial charge on any atom is -0.332 e. The third-order valence-corrected chi connectivity index (χ3v) is 2.87. The third kappa shape index (κ3) is 3.89. The Hall–Kier alpha value is -1.68. The van der Waals surface area contributed by atoms with Crippen molar-refractivity contribution in [3.63, 3.8) is 0 Å². The summed E-state index contributed by atoms with van der Waals surface area (Å²) in [5.74, 6) is -0.966. The maximum atomic E-state index is 12.8. The van der Waals surface area contributed by atoms with Crippen molar-refractivity contribution in [2.45, 2.75) is 26.2 Å². The molecule has 0 bridgehead atoms. The van der Waals surface area contributed by atoms with Crippen LogP contribution in [0, 0.1) is 5.82 Å². The first-order valence-corrected chi connectivity index (χ1v) is 6.40. The number of rotatable bonds is 2. The molecule has 1 amide bonds. The molecule has 1 unspecified atom stereocenters. The largest absolute Gasteiger partial charge is 0.332 e. The summed E-state index contributed by atoms with van der Waals surface area (Å²) >= 11 is 5.45. The number of carbonyl (C=O) groups excluding carboxylic acids is 2. The first-order chi connectivity index (χ1) is 9.08. The lowest BCUT2D eigenvalue weighted by Crippen LogP contribution is -2.28. The molecule has 19 heavy (non-hydrogen) atoms. The van der Waals surface area contributed by atoms with Gasteiger partial charge < -0.3 is 5.32 Å². The molecule has 0 fully saturated rings. The third-order valence-electron chi connectivity index (χ3n) is 2.65. The molecule has 1 heterocycles. The van der Waals surface area contributed by atoms with Gasteiger partial charge in [0.1, 0.15) is 5.82 Å². The van der Waals surface area contributed by atoms with Crippen molar-refractivity contribution >= 4 is 22.8 Å². The molecule has 1 aromatic rings. The van der Waals surface area contributed by atoms with Crippen LogP contribution < -0.4 is 5.32 Å². The monoisotopic (exact) mass is 283 g/mol. The van der Waals surface area contributed by atoms with Crippen LogP contribution in [0.15, 0.2) is 36.0 Å². The van der Waals surface area contributed by atoms with Gasteiger partial charge in [-0.1, -0.05) is 26.0 Å². The van der Waals surface area contributed by atoms with Gasteiger partial charge in [-0.2, -0.15) is 0 Å². The second-order valence-electron chi connectivity index (χ2n) is 3.75. The predicted molar refractivity (Wildman–Crippen MR) is 72.2 cm³/mol. The van der Waals surface area contributed by atoms with Gasteiger partial charge in [-0.15, -0.1) is 0 Å². The first-order valence-electron chi connectivity index (χ1n) is 6.02. The van der Waals surface area contributed by atoms with Gasteiger partial charge in [-0.05, 0) is 29.3 Å². The zero-order chi connectivity index (χ0) is 14.4. The van der Waals surface area contributed by atoms with Gasteiger partial charge in [0.2, 0.25) is 11.1 Å². The minimum absolute atomic E-state index is 0.135. The van der Waals surface area contributed by atoms with Crippen LogP contribution in [0.2, 0.25) is 0 Å². The molecule has 0 saturated heterocycles. The van der Waals surface area contributed by atoms with E-state index in [9.17, 15) is 14.0 Å². The second-order valence-corrected chi connectivity index (χ2v) is 4.09. The smallest absolute Gasteiger partial charge is 0.250 e. The molecule has 2 rings (SSSR count). The zero-order valence-electron chi connectivity index (χ0n) is 10.7. The second kappa shape index (κ2) is 7.04. The molecule has 3 nitrogen and oxygen atoms in total. The van der Waals surface area contributed by atoms with Gasteiger partial charge in [-0.25, -0.2) is 4.39 Å². The molecule has 5 heteroatoms. The van der Waals surface area contributed by atoms with Gasteiger partial charge in [0, 0.05) is 24.1 Å². The van der Waals surface area contributed by atoms with Crippen LogP contribution in [0.4, 0.5) is 4.39 Å². The highest BCUT2D eigenvalue weighted by Gasteiger charge is 2.27. The molecule has 1 aliphatic rings. The normalized spacial score (nSPS) is 17.8. The predicted octanol–water partition coefficient (Wildman–Crippen LogP) is 3.10. The first kappa shape index (κ1) is 15.4. The maximum absolute atomic E-state index is 12.8. The van der Waals surface area contributed by atoms with Crippen LogP contribution in [0.1, 0.15) is 31.7 Å². The average Bonchev–Trinajstić information content (AvgIpc) is 2.41. The number of nitrogens with one attached hydrogen (secondary N) is 1. The van der Waals surface area contributed by atoms with Gasteiger partial charge in [0.15, 0.2) is 0 Å². The van der Waals surface area contributed by atoms with Crippen LogP contribution in [-0.2, 0) is 9.59 Å². The molecule has 0 radical (unpaired) electrons. The van der Waals surface area contributed by atoms with Crippen molar-refractivity contribution in [1.82, 2.24) is 5.32 Å². The maximum Gasteiger partial charge on any atom is 0.250 e. The fourth-order valence-corrected chi connectivity index (χ4v) is 1.99. The van der Waals surface area contributed by atoms with Crippen LogP contribution in [0.3, 0.4) is 0 Å². The van der Waals surface area contributed by atoms with Crippen LogP contribution in [0.25, 0.3) is 0 Å². The number of hydrogen-bond donors (Lipinski definition) is 1. The van der Waals surface area contributed by atoms with Gasteiger partial charge in [-0.3, -0.25) is 9.59 Å². The molecule has 0 aromatic heterocycles. The minimum atomic E-state index is -0.612. The lowest BCUT2D eigenvalue weighted by molar-refractivity contribution is -0.120. The van der Waals surface area contributed by atoms with E-state index >= 15 is 0 Å². The van der Waals surface area contributed by atoms with E-state index in [-0.39, 0.29) is 18.1 Å². The highest BCUT2D eigenvalue weighted by Crippen LogP contribution is 2.31. The standard InChI is InChI=1S/C12H9ClFNO2.C2H6/c13-12(17)10-6-15-11(16)5-9(10)7-1-3-8(14)4-2-7;1-2/h1-4,6,9H,5H2,(H,15,16);1-2H3. The van der Waals surface area contributed by atoms with Crippen molar-refractivity contribution in [2.75, 3.05) is 0 Å². The number of allylic oxidation sites excluding steroid dienone is 1. The van der Waals surface area contributed by atoms with Crippen LogP contribution in [-0.4, -0.2) is 11.1 Å². The Kier molecular flexibility index (Phi) is 5.70. The Morgan fingerprint density at radius 1 is 1.32 bits per heavy atom. The van der Waals surface area contributed by atoms with Gasteiger partial charge >= 0.3 is 0 Å². The molecule has 0 spiro atoms. The fraction of sp³-hybridized carbons (Fsp3) is 0.286. The molecule has 0 aliphatic carbocycles. The van der Waals surface area contributed by atoms with Crippen molar-refractivity contribution in [2.24, 2.45) is 0 Å². The molecule has 1 aromatic carbocycles. The van der Waals surface area contributed by atoms with Crippen molar-refractivity contribution in [3.05, 3.63) is 47.4 Å². The lowest BCUT2D eigenvalue weighted by atomic mass is 9.87. The summed E-state index contributed by atoms with van der Waals surface area (Å²) in [6, 6.07) is 5.68. The summed E-state index contributed by atoms with van der Waals surface area (Å²) < 4.78 is 12.8. The van der Waals surface area contributed by atoms with E-state index in [0.29, 0.717) is 11.1 Å². The van der Waals surface area contributed by atoms with Crippen LogP contribution in [0.5, 0.6) is 0 Å². The topological polar surface area (TPSA) is 46.2 Å². The quantitative estimate of drug-likeness (QED) is 0.848. The van der Waals surface area contributed by atoms with E-state index in [0.717, 1.165) is 0 Å². The zero-order valence-corrected chi connectivity index (χ0v) is 11.5. The summed E-state index contributed by atoms with van der Waals surface area (Å²) in [6.45, 7) is 4.00. The van der Waals surface area contributed by atoms with E-state index in [4.69, 9.17) is 11.6 Å². The molecular formula is C14H15ClFNO2. The Labute approximate surface area is 116 Å². The molecule has 0 saturated carbocycles. The van der Waals surface area contributed by atoms with Gasteiger partial charge in [0.25, 0.3) is 0 Å². The van der Waals surface area contributed by atoms with Crippen LogP contribution >= 0.6 is 11.6 Å². The van der Waals surface area contributed by atoms with E-state index in [1.54, 1.807) is 12.1 Å². The number of amides is 1. The molecule has 1 aliphatic heterocycles. The number of halogens is 2. The van der Waals surface area contributed by atoms with Crippen molar-refractivity contribution in [3.8, 4) is 0 Å². The van der Waals surface area contributed by atoms with Crippen molar-refractivity contribution < 1.29 is 14.0 Å². The molecule has 1 N–H and O–H groups in total. The molecular weight excluding hydrogens is 269 g/mol. The lowest BCUT2D eigenvalue weighted by Gasteiger charge is -2.22. The number of hydrogen-bond acceptors (Lipinski definition) is 2. The van der Waals surface area contributed by atoms with Gasteiger partial charge in [0.05, 0.1) is 0 Å². The summed E-state index contributed by atoms with van der Waals surface area (Å²) in [5.41, 5.74) is 1.01. The Balaban J connectivity index is 0.000000861. The molecule has 102 valence electrons. The highest BCUT2D eigenvalue weighted by molar-refractivity contribution is 6.67. The Morgan fingerprint density at radius 3 is 2.42 bits per heavy atom. The summed E-state index contributed by atoms with van der Waals surface area (Å²) in [4.78, 5) is 22.5. The van der Waals surface area contributed by atoms with E-state index in [2.05, 4.69) is 5.32 Å². The van der Waals surface area contributed by atoms with E-state index < -0.39 is 11.2 Å². The van der Waals surface area contributed by atoms with E-state index in [1.807, 2.05) is 13.8 Å². The summed E-state index contributed by atoms with van der Waals surface area (Å²) in [7, 11) is 0. The summed E-state index contributed by atoms with van der Waals surface area (Å²) in [5, 5.41) is 1.83. The fourth-order valence-electron chi connectivity index (χ4n) is 1.80. The average molecular weight is 284 g/mol. The van der Waals surface area contributed by atoms with Crippen molar-refractivity contribution in [1.29, 1.82) is 0 Å².